The predicted molar refractivity (Wildman–Crippen MR) is 116 cm³/mol. The number of amides is 1. The number of aromatic nitrogens is 4. The number of pyridine rings is 1. The van der Waals surface area contributed by atoms with Crippen molar-refractivity contribution in [2.24, 2.45) is 0 Å². The third kappa shape index (κ3) is 5.46. The van der Waals surface area contributed by atoms with Crippen LogP contribution in [0.4, 0.5) is 10.1 Å². The Hall–Kier alpha value is -3.72. The number of benzene rings is 2. The second-order valence-corrected chi connectivity index (χ2v) is 7.54. The predicted octanol–water partition coefficient (Wildman–Crippen LogP) is 4.63. The summed E-state index contributed by atoms with van der Waals surface area (Å²) in [5, 5.41) is 11.5. The molecule has 4 rings (SSSR count). The van der Waals surface area contributed by atoms with Crippen LogP contribution in [0.15, 0.2) is 78.3 Å². The van der Waals surface area contributed by atoms with Crippen LogP contribution < -0.4 is 10.1 Å². The van der Waals surface area contributed by atoms with E-state index in [0.29, 0.717) is 22.5 Å². The average Bonchev–Trinajstić information content (AvgIpc) is 3.24. The third-order valence-corrected chi connectivity index (χ3v) is 5.16. The molecule has 0 spiro atoms. The molecule has 0 aliphatic rings. The van der Waals surface area contributed by atoms with Gasteiger partial charge in [-0.15, -0.1) is 10.2 Å². The van der Waals surface area contributed by atoms with E-state index in [-0.39, 0.29) is 17.5 Å². The molecule has 0 saturated carbocycles. The second-order valence-electron chi connectivity index (χ2n) is 6.60. The molecule has 0 bridgehead atoms. The minimum absolute atomic E-state index is 0.165. The molecule has 4 aromatic rings. The van der Waals surface area contributed by atoms with Crippen LogP contribution in [0.3, 0.4) is 0 Å². The van der Waals surface area contributed by atoms with Crippen molar-refractivity contribution < 1.29 is 13.9 Å². The zero-order chi connectivity index (χ0) is 21.6. The van der Waals surface area contributed by atoms with E-state index in [2.05, 4.69) is 20.5 Å². The maximum absolute atomic E-state index is 13.0. The number of aryl methyl sites for hydroxylation is 1. The first kappa shape index (κ1) is 20.5. The van der Waals surface area contributed by atoms with Gasteiger partial charge in [-0.1, -0.05) is 29.5 Å². The van der Waals surface area contributed by atoms with E-state index in [1.54, 1.807) is 18.5 Å². The van der Waals surface area contributed by atoms with Crippen molar-refractivity contribution in [1.29, 1.82) is 0 Å². The molecule has 7 nitrogen and oxygen atoms in total. The number of hydrogen-bond acceptors (Lipinski definition) is 6. The van der Waals surface area contributed by atoms with E-state index in [1.165, 1.54) is 42.2 Å². The summed E-state index contributed by atoms with van der Waals surface area (Å²) in [5.41, 5.74) is 2.63. The Morgan fingerprint density at radius 3 is 2.58 bits per heavy atom. The van der Waals surface area contributed by atoms with Crippen LogP contribution in [0.5, 0.6) is 11.6 Å². The van der Waals surface area contributed by atoms with Gasteiger partial charge in [-0.05, 0) is 49.4 Å². The SMILES string of the molecule is Cc1ccc(-n2cnnc2SCC(=O)Nc2ccc(Oc3ccc(F)cc3)nc2)cc1. The lowest BCUT2D eigenvalue weighted by molar-refractivity contribution is -0.113. The van der Waals surface area contributed by atoms with Crippen LogP contribution in [0.1, 0.15) is 5.56 Å². The zero-order valence-electron chi connectivity index (χ0n) is 16.5. The molecule has 0 aliphatic carbocycles. The van der Waals surface area contributed by atoms with Gasteiger partial charge in [-0.3, -0.25) is 9.36 Å². The third-order valence-electron chi connectivity index (χ3n) is 4.22. The first-order valence-corrected chi connectivity index (χ1v) is 10.3. The minimum Gasteiger partial charge on any atom is -0.439 e. The maximum atomic E-state index is 13.0. The van der Waals surface area contributed by atoms with Crippen LogP contribution in [-0.2, 0) is 4.79 Å². The maximum Gasteiger partial charge on any atom is 0.234 e. The fraction of sp³-hybridized carbons (Fsp3) is 0.0909. The quantitative estimate of drug-likeness (QED) is 0.426. The number of halogens is 1. The fourth-order valence-electron chi connectivity index (χ4n) is 2.67. The van der Waals surface area contributed by atoms with Crippen molar-refractivity contribution in [3.63, 3.8) is 0 Å². The van der Waals surface area contributed by atoms with Gasteiger partial charge in [0.1, 0.15) is 17.9 Å². The number of ether oxygens (including phenoxy) is 1. The Labute approximate surface area is 182 Å². The molecular weight excluding hydrogens is 417 g/mol. The summed E-state index contributed by atoms with van der Waals surface area (Å²) >= 11 is 1.29. The molecule has 9 heteroatoms. The minimum atomic E-state index is -0.339. The number of carbonyl (C=O) groups is 1. The first-order chi connectivity index (χ1) is 15.1. The van der Waals surface area contributed by atoms with Crippen LogP contribution in [0, 0.1) is 12.7 Å². The number of hydrogen-bond donors (Lipinski definition) is 1. The molecule has 156 valence electrons. The summed E-state index contributed by atoms with van der Waals surface area (Å²) < 4.78 is 20.3. The summed E-state index contributed by atoms with van der Waals surface area (Å²) in [4.78, 5) is 16.5. The normalized spacial score (nSPS) is 10.6. The number of thioether (sulfide) groups is 1. The fourth-order valence-corrected chi connectivity index (χ4v) is 3.40. The first-order valence-electron chi connectivity index (χ1n) is 9.36. The van der Waals surface area contributed by atoms with Crippen molar-refractivity contribution in [3.8, 4) is 17.3 Å². The molecule has 0 aliphatic heterocycles. The van der Waals surface area contributed by atoms with Gasteiger partial charge in [0, 0.05) is 11.8 Å². The highest BCUT2D eigenvalue weighted by Gasteiger charge is 2.11. The van der Waals surface area contributed by atoms with E-state index in [0.717, 1.165) is 11.3 Å². The van der Waals surface area contributed by atoms with Gasteiger partial charge in [0.05, 0.1) is 17.6 Å². The molecule has 0 saturated heterocycles. The standard InChI is InChI=1S/C22H18FN5O2S/c1-15-2-7-18(8-3-15)28-14-25-27-22(28)31-13-20(29)26-17-6-11-21(24-12-17)30-19-9-4-16(23)5-10-19/h2-12,14H,13H2,1H3,(H,26,29). The molecule has 2 heterocycles. The number of anilines is 1. The number of nitrogens with zero attached hydrogens (tertiary/aromatic N) is 4. The van der Waals surface area contributed by atoms with E-state index in [9.17, 15) is 9.18 Å². The van der Waals surface area contributed by atoms with Crippen LogP contribution in [0.25, 0.3) is 5.69 Å². The second kappa shape index (κ2) is 9.40. The summed E-state index contributed by atoms with van der Waals surface area (Å²) in [5.74, 6) is 0.439. The summed E-state index contributed by atoms with van der Waals surface area (Å²) in [6, 6.07) is 16.9. The zero-order valence-corrected chi connectivity index (χ0v) is 17.3. The van der Waals surface area contributed by atoms with E-state index >= 15 is 0 Å². The molecule has 2 aromatic heterocycles. The van der Waals surface area contributed by atoms with Crippen molar-refractivity contribution in [2.75, 3.05) is 11.1 Å². The average molecular weight is 435 g/mol. The topological polar surface area (TPSA) is 81.9 Å². The lowest BCUT2D eigenvalue weighted by atomic mass is 10.2. The molecule has 0 radical (unpaired) electrons. The van der Waals surface area contributed by atoms with Crippen molar-refractivity contribution >= 4 is 23.4 Å². The molecule has 1 amide bonds. The highest BCUT2D eigenvalue weighted by atomic mass is 32.2. The largest absolute Gasteiger partial charge is 0.439 e. The van der Waals surface area contributed by atoms with Crippen molar-refractivity contribution in [1.82, 2.24) is 19.7 Å². The Balaban J connectivity index is 1.32. The number of carbonyl (C=O) groups excluding carboxylic acids is 1. The lowest BCUT2D eigenvalue weighted by Crippen LogP contribution is -2.14. The molecule has 31 heavy (non-hydrogen) atoms. The summed E-state index contributed by atoms with van der Waals surface area (Å²) in [7, 11) is 0. The highest BCUT2D eigenvalue weighted by Crippen LogP contribution is 2.22. The molecule has 1 N–H and O–H groups in total. The Morgan fingerprint density at radius 1 is 1.10 bits per heavy atom. The smallest absolute Gasteiger partial charge is 0.234 e. The Kier molecular flexibility index (Phi) is 6.23. The molecule has 2 aromatic carbocycles. The molecular formula is C22H18FN5O2S. The highest BCUT2D eigenvalue weighted by molar-refractivity contribution is 7.99. The van der Waals surface area contributed by atoms with Crippen LogP contribution in [-0.4, -0.2) is 31.4 Å². The Bertz CT molecular complexity index is 1160. The van der Waals surface area contributed by atoms with Crippen LogP contribution in [0.2, 0.25) is 0 Å². The summed E-state index contributed by atoms with van der Waals surface area (Å²) in [6.45, 7) is 2.02. The van der Waals surface area contributed by atoms with Gasteiger partial charge in [-0.2, -0.15) is 0 Å². The van der Waals surface area contributed by atoms with Gasteiger partial charge in [-0.25, -0.2) is 9.37 Å². The van der Waals surface area contributed by atoms with E-state index < -0.39 is 0 Å². The lowest BCUT2D eigenvalue weighted by Gasteiger charge is -2.08. The van der Waals surface area contributed by atoms with Gasteiger partial charge >= 0.3 is 0 Å². The molecule has 0 atom stereocenters. The monoisotopic (exact) mass is 435 g/mol. The number of rotatable bonds is 7. The van der Waals surface area contributed by atoms with Crippen LogP contribution >= 0.6 is 11.8 Å². The van der Waals surface area contributed by atoms with Gasteiger partial charge in [0.25, 0.3) is 0 Å². The van der Waals surface area contributed by atoms with Gasteiger partial charge < -0.3 is 10.1 Å². The van der Waals surface area contributed by atoms with Crippen molar-refractivity contribution in [2.45, 2.75) is 12.1 Å². The van der Waals surface area contributed by atoms with E-state index in [1.807, 2.05) is 35.8 Å². The summed E-state index contributed by atoms with van der Waals surface area (Å²) in [6.07, 6.45) is 3.12. The van der Waals surface area contributed by atoms with E-state index in [4.69, 9.17) is 4.74 Å². The number of nitrogens with one attached hydrogen (secondary N) is 1. The van der Waals surface area contributed by atoms with Gasteiger partial charge in [0.2, 0.25) is 11.8 Å². The molecule has 0 fully saturated rings. The molecule has 0 unspecified atom stereocenters. The van der Waals surface area contributed by atoms with Crippen molar-refractivity contribution in [3.05, 3.63) is 84.6 Å². The Morgan fingerprint density at radius 2 is 1.87 bits per heavy atom. The van der Waals surface area contributed by atoms with Gasteiger partial charge in [0.15, 0.2) is 5.16 Å².